The molecular weight excluding hydrogens is 700 g/mol. The Balaban J connectivity index is 1.59. The van der Waals surface area contributed by atoms with Gasteiger partial charge in [-0.05, 0) is 68.7 Å². The molecule has 0 aromatic heterocycles. The van der Waals surface area contributed by atoms with E-state index in [9.17, 15) is 9.59 Å². The van der Waals surface area contributed by atoms with Crippen molar-refractivity contribution in [2.75, 3.05) is 34.0 Å². The van der Waals surface area contributed by atoms with Crippen LogP contribution in [0.25, 0.3) is 0 Å². The first-order valence-corrected chi connectivity index (χ1v) is 18.9. The Bertz CT molecular complexity index is 1630. The number of hydrogen-bond acceptors (Lipinski definition) is 9. The molecule has 0 bridgehead atoms. The molecule has 284 valence electrons. The van der Waals surface area contributed by atoms with Gasteiger partial charge in [-0.25, -0.2) is 13.9 Å². The summed E-state index contributed by atoms with van der Waals surface area (Å²) in [5, 5.41) is 2.28. The minimum Gasteiger partial charge on any atom is -0.497 e. The molecule has 1 unspecified atom stereocenters. The minimum atomic E-state index is -1.85. The number of alkyl halides is 1. The Morgan fingerprint density at radius 1 is 0.943 bits per heavy atom. The number of carbonyl (C=O) groups excluding carboxylic acids is 2. The summed E-state index contributed by atoms with van der Waals surface area (Å²) in [6.07, 6.45) is 0.453. The molecule has 0 saturated carbocycles. The van der Waals surface area contributed by atoms with E-state index in [1.807, 2.05) is 111 Å². The maximum absolute atomic E-state index is 17.0. The van der Waals surface area contributed by atoms with Gasteiger partial charge in [0.1, 0.15) is 29.3 Å². The average molecular weight is 750 g/mol. The number of hydrogen-bond donors (Lipinski definition) is 1. The summed E-state index contributed by atoms with van der Waals surface area (Å²) in [6.45, 7) is 8.07. The van der Waals surface area contributed by atoms with E-state index in [0.717, 1.165) is 16.7 Å². The number of benzene rings is 3. The van der Waals surface area contributed by atoms with Crippen molar-refractivity contribution in [2.24, 2.45) is 0 Å². The standard InChI is InChI=1S/C40H49FN3O8P/c1-8-9-25-50-53(44(27(2)3)28(4)5)52-37-34(51-38(36(37)41)43-24-23-35(45)42-39(43)46)26-49-40(29-13-11-10-12-14-29,30-15-19-32(47-6)20-16-30)31-17-21-33(48-7)22-18-31/h1,10-22,27-28,34,36-38H,9,23-26H2,2-7H3,(H,42,45,46)/t34-,36-,37-,38-,53?/m1/s1. The lowest BCUT2D eigenvalue weighted by Crippen LogP contribution is -2.56. The van der Waals surface area contributed by atoms with Gasteiger partial charge in [-0.15, -0.1) is 12.3 Å². The topological polar surface area (TPSA) is 108 Å². The van der Waals surface area contributed by atoms with Crippen molar-refractivity contribution in [1.82, 2.24) is 14.9 Å². The highest BCUT2D eigenvalue weighted by Gasteiger charge is 2.53. The van der Waals surface area contributed by atoms with Crippen LogP contribution in [-0.4, -0.2) is 92.2 Å². The quantitative estimate of drug-likeness (QED) is 0.0692. The van der Waals surface area contributed by atoms with E-state index in [1.165, 1.54) is 4.90 Å². The molecule has 2 fully saturated rings. The van der Waals surface area contributed by atoms with Gasteiger partial charge in [0, 0.05) is 31.5 Å². The van der Waals surface area contributed by atoms with Crippen molar-refractivity contribution in [3.8, 4) is 23.8 Å². The van der Waals surface area contributed by atoms with Crippen molar-refractivity contribution in [3.63, 3.8) is 0 Å². The Hall–Kier alpha value is -4.08. The number of ether oxygens (including phenoxy) is 4. The van der Waals surface area contributed by atoms with Crippen molar-refractivity contribution >= 4 is 20.5 Å². The Morgan fingerprint density at radius 2 is 1.51 bits per heavy atom. The van der Waals surface area contributed by atoms with Gasteiger partial charge in [0.05, 0.1) is 27.4 Å². The molecule has 2 aliphatic rings. The number of rotatable bonds is 17. The number of nitrogens with one attached hydrogen (secondary N) is 1. The maximum Gasteiger partial charge on any atom is 0.326 e. The van der Waals surface area contributed by atoms with Crippen molar-refractivity contribution in [2.45, 2.75) is 82.8 Å². The average Bonchev–Trinajstić information content (AvgIpc) is 3.46. The number of carbonyl (C=O) groups is 2. The number of halogens is 1. The second-order valence-electron chi connectivity index (χ2n) is 13.3. The minimum absolute atomic E-state index is 0.00739. The SMILES string of the molecule is C#CCCOP(O[C@H]1[C@@H](F)[C@H](N2CCC(=O)NC2=O)O[C@@H]1COC(c1ccccc1)(c1ccc(OC)cc1)c1ccc(OC)cc1)N(C(C)C)C(C)C. The normalized spacial score (nSPS) is 21.2. The molecular formula is C40H49FN3O8P. The maximum atomic E-state index is 17.0. The second kappa shape index (κ2) is 18.3. The lowest BCUT2D eigenvalue weighted by atomic mass is 9.80. The fourth-order valence-corrected chi connectivity index (χ4v) is 8.48. The van der Waals surface area contributed by atoms with Gasteiger partial charge in [-0.3, -0.25) is 15.0 Å². The lowest BCUT2D eigenvalue weighted by molar-refractivity contribution is -0.126. The van der Waals surface area contributed by atoms with Crippen LogP contribution in [0, 0.1) is 12.3 Å². The van der Waals surface area contributed by atoms with Crippen LogP contribution in [0.2, 0.25) is 0 Å². The second-order valence-corrected chi connectivity index (χ2v) is 14.7. The highest BCUT2D eigenvalue weighted by molar-refractivity contribution is 7.44. The Kier molecular flexibility index (Phi) is 13.9. The zero-order valence-electron chi connectivity index (χ0n) is 31.1. The highest BCUT2D eigenvalue weighted by Crippen LogP contribution is 2.50. The first-order chi connectivity index (χ1) is 25.5. The van der Waals surface area contributed by atoms with E-state index >= 15 is 4.39 Å². The molecule has 0 radical (unpaired) electrons. The van der Waals surface area contributed by atoms with Crippen LogP contribution in [0.4, 0.5) is 9.18 Å². The number of imide groups is 1. The molecule has 2 aliphatic heterocycles. The Labute approximate surface area is 313 Å². The number of terminal acetylenes is 1. The van der Waals surface area contributed by atoms with E-state index in [2.05, 4.69) is 11.2 Å². The molecule has 1 N–H and O–H groups in total. The molecule has 0 aliphatic carbocycles. The van der Waals surface area contributed by atoms with Crippen molar-refractivity contribution in [1.29, 1.82) is 0 Å². The van der Waals surface area contributed by atoms with E-state index in [1.54, 1.807) is 14.2 Å². The third kappa shape index (κ3) is 9.01. The molecule has 0 spiro atoms. The third-order valence-corrected chi connectivity index (χ3v) is 11.3. The molecule has 53 heavy (non-hydrogen) atoms. The summed E-state index contributed by atoms with van der Waals surface area (Å²) in [6, 6.07) is 24.1. The molecule has 3 amide bonds. The molecule has 2 saturated heterocycles. The molecule has 3 aromatic rings. The van der Waals surface area contributed by atoms with Gasteiger partial charge in [-0.2, -0.15) is 0 Å². The molecule has 2 heterocycles. The lowest BCUT2D eigenvalue weighted by Gasteiger charge is -2.39. The zero-order chi connectivity index (χ0) is 38.1. The number of nitrogens with zero attached hydrogens (tertiary/aromatic N) is 2. The molecule has 5 rings (SSSR count). The number of amides is 3. The predicted octanol–water partition coefficient (Wildman–Crippen LogP) is 6.79. The van der Waals surface area contributed by atoms with E-state index < -0.39 is 50.7 Å². The third-order valence-electron chi connectivity index (χ3n) is 9.21. The summed E-state index contributed by atoms with van der Waals surface area (Å²) >= 11 is 0. The highest BCUT2D eigenvalue weighted by atomic mass is 31.2. The number of methoxy groups -OCH3 is 2. The molecule has 13 heteroatoms. The largest absolute Gasteiger partial charge is 0.497 e. The monoisotopic (exact) mass is 749 g/mol. The van der Waals surface area contributed by atoms with Crippen LogP contribution in [0.1, 0.15) is 57.2 Å². The van der Waals surface area contributed by atoms with Crippen LogP contribution < -0.4 is 14.8 Å². The summed E-state index contributed by atoms with van der Waals surface area (Å²) in [5.74, 6) is 3.48. The van der Waals surface area contributed by atoms with Crippen LogP contribution in [0.5, 0.6) is 11.5 Å². The van der Waals surface area contributed by atoms with Crippen LogP contribution in [0.15, 0.2) is 78.9 Å². The summed E-state index contributed by atoms with van der Waals surface area (Å²) in [4.78, 5) is 26.2. The van der Waals surface area contributed by atoms with Crippen molar-refractivity contribution in [3.05, 3.63) is 95.6 Å². The molecule has 11 nitrogen and oxygen atoms in total. The fourth-order valence-electron chi connectivity index (χ4n) is 6.72. The smallest absolute Gasteiger partial charge is 0.326 e. The Morgan fingerprint density at radius 3 is 2.02 bits per heavy atom. The van der Waals surface area contributed by atoms with Gasteiger partial charge in [0.15, 0.2) is 12.4 Å². The fraction of sp³-hybridized carbons (Fsp3) is 0.450. The van der Waals surface area contributed by atoms with Crippen LogP contribution in [0.3, 0.4) is 0 Å². The van der Waals surface area contributed by atoms with Gasteiger partial charge in [-0.1, -0.05) is 54.6 Å². The summed E-state index contributed by atoms with van der Waals surface area (Å²) in [5.41, 5.74) is 1.12. The predicted molar refractivity (Wildman–Crippen MR) is 200 cm³/mol. The van der Waals surface area contributed by atoms with Gasteiger partial charge in [0.25, 0.3) is 8.53 Å². The first kappa shape index (κ1) is 40.1. The number of urea groups is 1. The summed E-state index contributed by atoms with van der Waals surface area (Å²) < 4.78 is 56.4. The molecule has 5 atom stereocenters. The van der Waals surface area contributed by atoms with Crippen LogP contribution in [-0.2, 0) is 28.9 Å². The van der Waals surface area contributed by atoms with Gasteiger partial charge in [0.2, 0.25) is 5.91 Å². The van der Waals surface area contributed by atoms with Crippen molar-refractivity contribution < 1.29 is 42.0 Å². The van der Waals surface area contributed by atoms with Gasteiger partial charge >= 0.3 is 6.03 Å². The van der Waals surface area contributed by atoms with Crippen LogP contribution >= 0.6 is 8.53 Å². The molecule has 3 aromatic carbocycles. The van der Waals surface area contributed by atoms with Gasteiger partial charge < -0.3 is 28.0 Å². The van der Waals surface area contributed by atoms with E-state index in [0.29, 0.717) is 17.9 Å². The summed E-state index contributed by atoms with van der Waals surface area (Å²) in [7, 11) is 1.35. The van der Waals surface area contributed by atoms with E-state index in [4.69, 9.17) is 34.4 Å². The first-order valence-electron chi connectivity index (χ1n) is 17.7. The zero-order valence-corrected chi connectivity index (χ0v) is 32.0. The van der Waals surface area contributed by atoms with E-state index in [-0.39, 0.29) is 38.3 Å².